The number of allylic oxidation sites excluding steroid dienone is 1. The fraction of sp³-hybridized carbons (Fsp3) is 0.476. The van der Waals surface area contributed by atoms with Gasteiger partial charge in [0, 0.05) is 17.6 Å². The maximum Gasteiger partial charge on any atom is 0.230 e. The molecule has 0 spiro atoms. The summed E-state index contributed by atoms with van der Waals surface area (Å²) < 4.78 is 0. The fourth-order valence-electron chi connectivity index (χ4n) is 5.58. The van der Waals surface area contributed by atoms with Crippen LogP contribution in [0.15, 0.2) is 36.0 Å². The average molecular weight is 346 g/mol. The van der Waals surface area contributed by atoms with E-state index in [2.05, 4.69) is 10.6 Å². The molecule has 5 rings (SSSR count). The molecule has 0 aliphatic heterocycles. The number of amides is 1. The number of carbonyl (C=O) groups excluding carboxylic acids is 1. The van der Waals surface area contributed by atoms with E-state index in [1.54, 1.807) is 0 Å². The standard InChI is InChI=1S/C21H22N4O/c22-11-17(12-23)13-24-18-2-1-3-19(7-18)25-20(26)21-8-14-4-15(9-21)6-16(5-14)10-21/h1-3,7,13-16,24H,4-6,8-10H2,(H,25,26). The van der Waals surface area contributed by atoms with Gasteiger partial charge in [0.05, 0.1) is 5.41 Å². The van der Waals surface area contributed by atoms with Gasteiger partial charge in [0.1, 0.15) is 17.7 Å². The molecule has 4 bridgehead atoms. The van der Waals surface area contributed by atoms with Crippen LogP contribution in [0, 0.1) is 45.8 Å². The molecule has 26 heavy (non-hydrogen) atoms. The molecule has 4 aliphatic carbocycles. The molecule has 1 aromatic rings. The van der Waals surface area contributed by atoms with Gasteiger partial charge in [-0.1, -0.05) is 6.07 Å². The van der Waals surface area contributed by atoms with Crippen molar-refractivity contribution in [2.45, 2.75) is 38.5 Å². The molecule has 132 valence electrons. The number of benzene rings is 1. The lowest BCUT2D eigenvalue weighted by Gasteiger charge is -2.55. The topological polar surface area (TPSA) is 88.7 Å². The lowest BCUT2D eigenvalue weighted by molar-refractivity contribution is -0.140. The molecule has 4 fully saturated rings. The van der Waals surface area contributed by atoms with Crippen molar-refractivity contribution >= 4 is 17.3 Å². The Bertz CT molecular complexity index is 791. The summed E-state index contributed by atoms with van der Waals surface area (Å²) in [7, 11) is 0. The van der Waals surface area contributed by atoms with Crippen molar-refractivity contribution in [3.63, 3.8) is 0 Å². The summed E-state index contributed by atoms with van der Waals surface area (Å²) in [4.78, 5) is 13.1. The van der Waals surface area contributed by atoms with Crippen molar-refractivity contribution < 1.29 is 4.79 Å². The van der Waals surface area contributed by atoms with Gasteiger partial charge in [0.15, 0.2) is 0 Å². The van der Waals surface area contributed by atoms with Crippen LogP contribution < -0.4 is 10.6 Å². The molecule has 0 heterocycles. The van der Waals surface area contributed by atoms with Crippen LogP contribution >= 0.6 is 0 Å². The van der Waals surface area contributed by atoms with Crippen molar-refractivity contribution in [1.29, 1.82) is 10.5 Å². The van der Waals surface area contributed by atoms with Crippen LogP contribution in [-0.2, 0) is 4.79 Å². The van der Waals surface area contributed by atoms with Crippen molar-refractivity contribution in [3.05, 3.63) is 36.0 Å². The Labute approximate surface area is 153 Å². The largest absolute Gasteiger partial charge is 0.360 e. The Morgan fingerprint density at radius 2 is 1.62 bits per heavy atom. The highest BCUT2D eigenvalue weighted by molar-refractivity contribution is 5.96. The number of anilines is 2. The zero-order valence-electron chi connectivity index (χ0n) is 14.7. The van der Waals surface area contributed by atoms with Gasteiger partial charge in [-0.3, -0.25) is 4.79 Å². The highest BCUT2D eigenvalue weighted by Gasteiger charge is 2.54. The highest BCUT2D eigenvalue weighted by Crippen LogP contribution is 2.60. The van der Waals surface area contributed by atoms with Gasteiger partial charge in [0.2, 0.25) is 5.91 Å². The lowest BCUT2D eigenvalue weighted by Crippen LogP contribution is -2.51. The minimum atomic E-state index is -0.174. The summed E-state index contributed by atoms with van der Waals surface area (Å²) in [6.45, 7) is 0. The van der Waals surface area contributed by atoms with Crippen molar-refractivity contribution in [2.75, 3.05) is 10.6 Å². The van der Waals surface area contributed by atoms with E-state index in [1.165, 1.54) is 25.5 Å². The van der Waals surface area contributed by atoms with Crippen LogP contribution in [0.2, 0.25) is 0 Å². The molecule has 4 aliphatic rings. The molecular formula is C21H22N4O. The average Bonchev–Trinajstić information content (AvgIpc) is 2.62. The van der Waals surface area contributed by atoms with Gasteiger partial charge in [0.25, 0.3) is 0 Å². The van der Waals surface area contributed by atoms with Crippen LogP contribution in [0.4, 0.5) is 11.4 Å². The Kier molecular flexibility index (Phi) is 4.17. The minimum absolute atomic E-state index is 0.00741. The Morgan fingerprint density at radius 1 is 1.04 bits per heavy atom. The third-order valence-electron chi connectivity index (χ3n) is 6.26. The number of nitrogens with one attached hydrogen (secondary N) is 2. The number of hydrogen-bond donors (Lipinski definition) is 2. The predicted molar refractivity (Wildman–Crippen MR) is 98.6 cm³/mol. The summed E-state index contributed by atoms with van der Waals surface area (Å²) in [6.07, 6.45) is 8.45. The summed E-state index contributed by atoms with van der Waals surface area (Å²) >= 11 is 0. The first-order valence-electron chi connectivity index (χ1n) is 9.28. The van der Waals surface area contributed by atoms with Gasteiger partial charge in [-0.15, -0.1) is 0 Å². The van der Waals surface area contributed by atoms with Gasteiger partial charge >= 0.3 is 0 Å². The fourth-order valence-corrected chi connectivity index (χ4v) is 5.58. The van der Waals surface area contributed by atoms with Gasteiger partial charge < -0.3 is 10.6 Å². The predicted octanol–water partition coefficient (Wildman–Crippen LogP) is 4.18. The number of carbonyl (C=O) groups is 1. The first-order valence-corrected chi connectivity index (χ1v) is 9.28. The molecule has 0 saturated heterocycles. The molecule has 2 N–H and O–H groups in total. The summed E-state index contributed by atoms with van der Waals surface area (Å²) in [5.74, 6) is 2.38. The lowest BCUT2D eigenvalue weighted by atomic mass is 9.49. The van der Waals surface area contributed by atoms with E-state index in [-0.39, 0.29) is 16.9 Å². The Balaban J connectivity index is 1.47. The zero-order valence-corrected chi connectivity index (χ0v) is 14.7. The van der Waals surface area contributed by atoms with Crippen LogP contribution in [0.5, 0.6) is 0 Å². The Morgan fingerprint density at radius 3 is 2.19 bits per heavy atom. The first-order chi connectivity index (χ1) is 12.6. The van der Waals surface area contributed by atoms with E-state index in [4.69, 9.17) is 10.5 Å². The molecule has 5 heteroatoms. The smallest absolute Gasteiger partial charge is 0.230 e. The molecular weight excluding hydrogens is 324 g/mol. The maximum atomic E-state index is 13.1. The van der Waals surface area contributed by atoms with Crippen molar-refractivity contribution in [3.8, 4) is 12.1 Å². The molecule has 0 aromatic heterocycles. The quantitative estimate of drug-likeness (QED) is 0.800. The van der Waals surface area contributed by atoms with Crippen molar-refractivity contribution in [2.24, 2.45) is 23.2 Å². The second-order valence-corrected chi connectivity index (χ2v) is 8.16. The van der Waals surface area contributed by atoms with E-state index in [0.717, 1.165) is 48.4 Å². The molecule has 0 radical (unpaired) electrons. The van der Waals surface area contributed by atoms with E-state index in [0.29, 0.717) is 0 Å². The minimum Gasteiger partial charge on any atom is -0.360 e. The number of rotatable bonds is 4. The Hall–Kier alpha value is -2.79. The normalized spacial score (nSPS) is 30.8. The molecule has 0 atom stereocenters. The number of nitrogens with zero attached hydrogens (tertiary/aromatic N) is 2. The summed E-state index contributed by atoms with van der Waals surface area (Å²) in [6, 6.07) is 11.0. The molecule has 5 nitrogen and oxygen atoms in total. The van der Waals surface area contributed by atoms with Crippen LogP contribution in [0.25, 0.3) is 0 Å². The molecule has 4 saturated carbocycles. The molecule has 1 aromatic carbocycles. The second-order valence-electron chi connectivity index (χ2n) is 8.16. The van der Waals surface area contributed by atoms with E-state index in [1.807, 2.05) is 36.4 Å². The second kappa shape index (κ2) is 6.50. The van der Waals surface area contributed by atoms with E-state index < -0.39 is 0 Å². The third kappa shape index (κ3) is 3.06. The van der Waals surface area contributed by atoms with Crippen LogP contribution in [0.3, 0.4) is 0 Å². The zero-order chi connectivity index (χ0) is 18.1. The van der Waals surface area contributed by atoms with E-state index >= 15 is 0 Å². The summed E-state index contributed by atoms with van der Waals surface area (Å²) in [5.41, 5.74) is 1.32. The first kappa shape index (κ1) is 16.7. The summed E-state index contributed by atoms with van der Waals surface area (Å²) in [5, 5.41) is 23.6. The maximum absolute atomic E-state index is 13.1. The monoisotopic (exact) mass is 346 g/mol. The molecule has 0 unspecified atom stereocenters. The third-order valence-corrected chi connectivity index (χ3v) is 6.26. The van der Waals surface area contributed by atoms with Gasteiger partial charge in [-0.25, -0.2) is 0 Å². The number of hydrogen-bond acceptors (Lipinski definition) is 4. The number of nitriles is 2. The van der Waals surface area contributed by atoms with Crippen LogP contribution in [0.1, 0.15) is 38.5 Å². The van der Waals surface area contributed by atoms with E-state index in [9.17, 15) is 4.79 Å². The molecule has 1 amide bonds. The van der Waals surface area contributed by atoms with Gasteiger partial charge in [-0.05, 0) is 74.5 Å². The highest BCUT2D eigenvalue weighted by atomic mass is 16.2. The SMILES string of the molecule is N#CC(C#N)=CNc1cccc(NC(=O)C23CC4CC(CC(C4)C2)C3)c1. The van der Waals surface area contributed by atoms with Crippen LogP contribution in [-0.4, -0.2) is 5.91 Å². The van der Waals surface area contributed by atoms with Crippen molar-refractivity contribution in [1.82, 2.24) is 0 Å². The van der Waals surface area contributed by atoms with Gasteiger partial charge in [-0.2, -0.15) is 10.5 Å².